The largest absolute Gasteiger partial charge is 0.396 e. The van der Waals surface area contributed by atoms with Crippen LogP contribution in [0.1, 0.15) is 19.4 Å². The van der Waals surface area contributed by atoms with E-state index < -0.39 is 17.5 Å². The summed E-state index contributed by atoms with van der Waals surface area (Å²) < 4.78 is 26.6. The monoisotopic (exact) mass is 269 g/mol. The molecule has 1 amide bonds. The second-order valence-electron chi connectivity index (χ2n) is 4.43. The molecule has 0 aliphatic carbocycles. The Kier molecular flexibility index (Phi) is 5.63. The van der Waals surface area contributed by atoms with E-state index >= 15 is 0 Å². The molecule has 2 N–H and O–H groups in total. The predicted molar refractivity (Wildman–Crippen MR) is 69.2 cm³/mol. The summed E-state index contributed by atoms with van der Waals surface area (Å²) in [6.45, 7) is 3.48. The quantitative estimate of drug-likeness (QED) is 0.804. The number of carbonyl (C=O) groups excluding carboxylic acids is 1. The molecule has 0 bridgehead atoms. The maximum absolute atomic E-state index is 13.3. The Morgan fingerprint density at radius 3 is 2.47 bits per heavy atom. The van der Waals surface area contributed by atoms with Gasteiger partial charge in [-0.15, -0.1) is 0 Å². The molecule has 0 radical (unpaired) electrons. The summed E-state index contributed by atoms with van der Waals surface area (Å²) in [7, 11) is 0. The van der Waals surface area contributed by atoms with Crippen LogP contribution in [0.5, 0.6) is 0 Å². The van der Waals surface area contributed by atoms with Gasteiger partial charge in [0.2, 0.25) is 5.91 Å². The molecule has 0 saturated carbocycles. The lowest BCUT2D eigenvalue weighted by Crippen LogP contribution is -2.37. The van der Waals surface area contributed by atoms with Gasteiger partial charge in [0, 0.05) is 24.3 Å². The average molecular weight is 269 g/mol. The zero-order chi connectivity index (χ0) is 14.4. The highest BCUT2D eigenvalue weighted by Crippen LogP contribution is 2.13. The third kappa shape index (κ3) is 4.44. The van der Waals surface area contributed by atoms with E-state index in [4.69, 9.17) is 5.11 Å². The van der Waals surface area contributed by atoms with Crippen LogP contribution in [0.2, 0.25) is 0 Å². The van der Waals surface area contributed by atoms with E-state index in [1.54, 1.807) is 13.8 Å². The fourth-order valence-corrected chi connectivity index (χ4v) is 1.40. The number of halogens is 2. The van der Waals surface area contributed by atoms with Gasteiger partial charge in [-0.05, 0) is 31.1 Å². The van der Waals surface area contributed by atoms with Gasteiger partial charge in [-0.25, -0.2) is 8.78 Å². The molecule has 19 heavy (non-hydrogen) atoms. The third-order valence-corrected chi connectivity index (χ3v) is 2.91. The van der Waals surface area contributed by atoms with E-state index in [9.17, 15) is 13.6 Å². The summed E-state index contributed by atoms with van der Waals surface area (Å²) in [5, 5.41) is 11.5. The van der Waals surface area contributed by atoms with Gasteiger partial charge in [0.15, 0.2) is 0 Å². The molecule has 1 aromatic rings. The Morgan fingerprint density at radius 1 is 1.37 bits per heavy atom. The van der Waals surface area contributed by atoms with Crippen molar-refractivity contribution in [1.29, 1.82) is 0 Å². The van der Waals surface area contributed by atoms with Crippen LogP contribution in [0.3, 0.4) is 0 Å². The van der Waals surface area contributed by atoms with Gasteiger partial charge in [-0.3, -0.25) is 4.79 Å². The number of carbonyl (C=O) groups is 1. The predicted octanol–water partition coefficient (Wildman–Crippen LogP) is 2.11. The standard InChI is InChI=1S/C14H17F2NO2/c1-9(8-18)10(2)17-14(19)7-6-11-12(15)4-3-5-13(11)16/h3-7,9-10,18H,8H2,1-2H3,(H,17,19)/b7-6+. The topological polar surface area (TPSA) is 49.3 Å². The Morgan fingerprint density at radius 2 is 1.95 bits per heavy atom. The lowest BCUT2D eigenvalue weighted by Gasteiger charge is -2.18. The first-order chi connectivity index (χ1) is 8.95. The van der Waals surface area contributed by atoms with Gasteiger partial charge in [-0.1, -0.05) is 13.0 Å². The maximum atomic E-state index is 13.3. The maximum Gasteiger partial charge on any atom is 0.244 e. The van der Waals surface area contributed by atoms with E-state index in [1.807, 2.05) is 0 Å². The Labute approximate surface area is 110 Å². The van der Waals surface area contributed by atoms with Gasteiger partial charge in [0.25, 0.3) is 0 Å². The van der Waals surface area contributed by atoms with Crippen LogP contribution >= 0.6 is 0 Å². The third-order valence-electron chi connectivity index (χ3n) is 2.91. The van der Waals surface area contributed by atoms with Crippen LogP contribution in [-0.2, 0) is 4.79 Å². The first-order valence-electron chi connectivity index (χ1n) is 5.99. The summed E-state index contributed by atoms with van der Waals surface area (Å²) >= 11 is 0. The van der Waals surface area contributed by atoms with Crippen molar-refractivity contribution >= 4 is 12.0 Å². The van der Waals surface area contributed by atoms with Crippen LogP contribution in [-0.4, -0.2) is 23.7 Å². The molecule has 0 saturated heterocycles. The second kappa shape index (κ2) is 6.99. The zero-order valence-corrected chi connectivity index (χ0v) is 10.9. The van der Waals surface area contributed by atoms with Crippen LogP contribution < -0.4 is 5.32 Å². The van der Waals surface area contributed by atoms with E-state index in [1.165, 1.54) is 6.07 Å². The number of amides is 1. The summed E-state index contributed by atoms with van der Waals surface area (Å²) in [5.74, 6) is -2.00. The van der Waals surface area contributed by atoms with Gasteiger partial charge >= 0.3 is 0 Å². The van der Waals surface area contributed by atoms with E-state index in [2.05, 4.69) is 5.32 Å². The second-order valence-corrected chi connectivity index (χ2v) is 4.43. The first kappa shape index (κ1) is 15.3. The SMILES string of the molecule is CC(CO)C(C)NC(=O)/C=C/c1c(F)cccc1F. The summed E-state index contributed by atoms with van der Waals surface area (Å²) in [4.78, 5) is 11.5. The molecule has 104 valence electrons. The zero-order valence-electron chi connectivity index (χ0n) is 10.9. The van der Waals surface area contributed by atoms with Crippen molar-refractivity contribution in [3.05, 3.63) is 41.5 Å². The smallest absolute Gasteiger partial charge is 0.244 e. The lowest BCUT2D eigenvalue weighted by atomic mass is 10.1. The highest BCUT2D eigenvalue weighted by molar-refractivity contribution is 5.91. The number of hydrogen-bond acceptors (Lipinski definition) is 2. The molecule has 2 atom stereocenters. The molecular formula is C14H17F2NO2. The van der Waals surface area contributed by atoms with Crippen molar-refractivity contribution < 1.29 is 18.7 Å². The minimum Gasteiger partial charge on any atom is -0.396 e. The molecule has 0 aliphatic rings. The molecule has 1 aromatic carbocycles. The minimum atomic E-state index is -0.721. The number of aliphatic hydroxyl groups is 1. The summed E-state index contributed by atoms with van der Waals surface area (Å²) in [5.41, 5.74) is -0.250. The number of benzene rings is 1. The van der Waals surface area contributed by atoms with Crippen molar-refractivity contribution in [2.24, 2.45) is 5.92 Å². The number of aliphatic hydroxyl groups excluding tert-OH is 1. The van der Waals surface area contributed by atoms with Crippen molar-refractivity contribution in [3.8, 4) is 0 Å². The summed E-state index contributed by atoms with van der Waals surface area (Å²) in [6.07, 6.45) is 2.17. The highest BCUT2D eigenvalue weighted by Gasteiger charge is 2.12. The molecule has 0 aliphatic heterocycles. The molecule has 0 spiro atoms. The van der Waals surface area contributed by atoms with E-state index in [0.717, 1.165) is 24.3 Å². The Hall–Kier alpha value is -1.75. The minimum absolute atomic E-state index is 0.0485. The van der Waals surface area contributed by atoms with Crippen molar-refractivity contribution in [2.75, 3.05) is 6.61 Å². The Bertz CT molecular complexity index is 454. The van der Waals surface area contributed by atoms with E-state index in [-0.39, 0.29) is 24.1 Å². The van der Waals surface area contributed by atoms with Gasteiger partial charge in [0.1, 0.15) is 11.6 Å². The van der Waals surface area contributed by atoms with Crippen molar-refractivity contribution in [2.45, 2.75) is 19.9 Å². The van der Waals surface area contributed by atoms with Crippen LogP contribution in [0.25, 0.3) is 6.08 Å². The van der Waals surface area contributed by atoms with Crippen molar-refractivity contribution in [1.82, 2.24) is 5.32 Å². The highest BCUT2D eigenvalue weighted by atomic mass is 19.1. The number of nitrogens with one attached hydrogen (secondary N) is 1. The summed E-state index contributed by atoms with van der Waals surface area (Å²) in [6, 6.07) is 3.27. The van der Waals surface area contributed by atoms with Gasteiger partial charge < -0.3 is 10.4 Å². The molecule has 0 aromatic heterocycles. The molecule has 3 nitrogen and oxygen atoms in total. The molecule has 2 unspecified atom stereocenters. The Balaban J connectivity index is 2.69. The van der Waals surface area contributed by atoms with Gasteiger partial charge in [0.05, 0.1) is 0 Å². The van der Waals surface area contributed by atoms with E-state index in [0.29, 0.717) is 0 Å². The molecule has 1 rings (SSSR count). The lowest BCUT2D eigenvalue weighted by molar-refractivity contribution is -0.117. The average Bonchev–Trinajstić information content (AvgIpc) is 2.37. The van der Waals surface area contributed by atoms with Gasteiger partial charge in [-0.2, -0.15) is 0 Å². The molecule has 5 heteroatoms. The molecular weight excluding hydrogens is 252 g/mol. The van der Waals surface area contributed by atoms with Crippen molar-refractivity contribution in [3.63, 3.8) is 0 Å². The van der Waals surface area contributed by atoms with Crippen LogP contribution in [0.4, 0.5) is 8.78 Å². The van der Waals surface area contributed by atoms with Crippen LogP contribution in [0, 0.1) is 17.6 Å². The first-order valence-corrected chi connectivity index (χ1v) is 5.99. The number of rotatable bonds is 5. The molecule has 0 heterocycles. The number of hydrogen-bond donors (Lipinski definition) is 2. The van der Waals surface area contributed by atoms with Crippen LogP contribution in [0.15, 0.2) is 24.3 Å². The molecule has 0 fully saturated rings. The normalized spacial score (nSPS) is 14.4. The fourth-order valence-electron chi connectivity index (χ4n) is 1.40. The fraction of sp³-hybridized carbons (Fsp3) is 0.357.